The molecule has 2 heterocycles. The van der Waals surface area contributed by atoms with Crippen LogP contribution in [0.3, 0.4) is 0 Å². The van der Waals surface area contributed by atoms with E-state index >= 15 is 0 Å². The lowest BCUT2D eigenvalue weighted by molar-refractivity contribution is -0.141. The maximum absolute atomic E-state index is 11.0. The average molecular weight is 255 g/mol. The number of piperazine rings is 1. The van der Waals surface area contributed by atoms with E-state index in [9.17, 15) is 9.59 Å². The lowest BCUT2D eigenvalue weighted by Gasteiger charge is -2.28. The van der Waals surface area contributed by atoms with Crippen LogP contribution in [0.25, 0.3) is 0 Å². The second kappa shape index (κ2) is 6.04. The van der Waals surface area contributed by atoms with E-state index in [4.69, 9.17) is 5.11 Å². The Morgan fingerprint density at radius 2 is 2.00 bits per heavy atom. The van der Waals surface area contributed by atoms with Crippen molar-refractivity contribution in [2.45, 2.75) is 31.7 Å². The van der Waals surface area contributed by atoms with Crippen LogP contribution in [0.2, 0.25) is 0 Å². The molecule has 1 atom stereocenters. The van der Waals surface area contributed by atoms with Gasteiger partial charge >= 0.3 is 12.0 Å². The van der Waals surface area contributed by atoms with Gasteiger partial charge in [-0.25, -0.2) is 4.79 Å². The van der Waals surface area contributed by atoms with Gasteiger partial charge in [0, 0.05) is 26.2 Å². The smallest absolute Gasteiger partial charge is 0.317 e. The second-order valence-corrected chi connectivity index (χ2v) is 5.06. The average Bonchev–Trinajstić information content (AvgIpc) is 3.01. The van der Waals surface area contributed by atoms with Gasteiger partial charge in [0.1, 0.15) is 0 Å². The first-order valence-corrected chi connectivity index (χ1v) is 6.66. The summed E-state index contributed by atoms with van der Waals surface area (Å²) in [5.74, 6) is -0.627. The normalized spacial score (nSPS) is 27.2. The van der Waals surface area contributed by atoms with Gasteiger partial charge in [-0.1, -0.05) is 12.8 Å². The van der Waals surface area contributed by atoms with Crippen LogP contribution >= 0.6 is 0 Å². The van der Waals surface area contributed by atoms with E-state index in [2.05, 4.69) is 10.6 Å². The molecule has 3 aliphatic rings. The van der Waals surface area contributed by atoms with Gasteiger partial charge in [0.2, 0.25) is 0 Å². The van der Waals surface area contributed by atoms with Gasteiger partial charge in [-0.15, -0.1) is 0 Å². The van der Waals surface area contributed by atoms with E-state index in [1.165, 1.54) is 0 Å². The number of carbonyl (C=O) groups is 2. The Morgan fingerprint density at radius 3 is 2.56 bits per heavy atom. The third kappa shape index (κ3) is 3.13. The number of hydrogen-bond donors (Lipinski definition) is 3. The summed E-state index contributed by atoms with van der Waals surface area (Å²) in [6, 6.07) is 0.507. The summed E-state index contributed by atoms with van der Waals surface area (Å²) < 4.78 is 0. The van der Waals surface area contributed by atoms with Crippen molar-refractivity contribution < 1.29 is 14.7 Å². The Morgan fingerprint density at radius 1 is 1.28 bits per heavy atom. The number of urea groups is 1. The van der Waals surface area contributed by atoms with E-state index in [0.29, 0.717) is 6.04 Å². The zero-order valence-corrected chi connectivity index (χ0v) is 10.5. The summed E-state index contributed by atoms with van der Waals surface area (Å²) in [5, 5.41) is 14.5. The number of carboxylic acid groups (broad SMARTS) is 1. The predicted octanol–water partition coefficient (Wildman–Crippen LogP) is 0.245. The van der Waals surface area contributed by atoms with Crippen molar-refractivity contribution in [3.8, 4) is 0 Å². The first kappa shape index (κ1) is 13.1. The molecule has 1 unspecified atom stereocenters. The number of aliphatic carboxylic acids is 1. The minimum atomic E-state index is -0.609. The molecule has 3 rings (SSSR count). The van der Waals surface area contributed by atoms with Crippen molar-refractivity contribution in [2.75, 3.05) is 26.2 Å². The van der Waals surface area contributed by atoms with Gasteiger partial charge in [-0.3, -0.25) is 4.79 Å². The molecule has 102 valence electrons. The SMILES string of the molecule is O=C(O)C1CCCC1.O=C1NCC2CNCCN12. The fourth-order valence-corrected chi connectivity index (χ4v) is 2.69. The first-order chi connectivity index (χ1) is 8.68. The summed E-state index contributed by atoms with van der Waals surface area (Å²) in [5.41, 5.74) is 0. The third-order valence-electron chi connectivity index (χ3n) is 3.80. The molecular formula is C12H21N3O3. The molecule has 3 N–H and O–H groups in total. The van der Waals surface area contributed by atoms with Crippen LogP contribution in [0.5, 0.6) is 0 Å². The minimum Gasteiger partial charge on any atom is -0.481 e. The van der Waals surface area contributed by atoms with Gasteiger partial charge in [0.05, 0.1) is 12.0 Å². The molecular weight excluding hydrogens is 234 g/mol. The van der Waals surface area contributed by atoms with E-state index in [-0.39, 0.29) is 11.9 Å². The molecule has 0 aromatic carbocycles. The highest BCUT2D eigenvalue weighted by Crippen LogP contribution is 2.24. The van der Waals surface area contributed by atoms with Crippen molar-refractivity contribution in [2.24, 2.45) is 5.92 Å². The summed E-state index contributed by atoms with van der Waals surface area (Å²) in [6.45, 7) is 3.55. The van der Waals surface area contributed by atoms with Gasteiger partial charge in [-0.05, 0) is 12.8 Å². The highest BCUT2D eigenvalue weighted by molar-refractivity contribution is 5.77. The Labute approximate surface area is 107 Å². The molecule has 6 nitrogen and oxygen atoms in total. The van der Waals surface area contributed by atoms with Gasteiger partial charge < -0.3 is 20.6 Å². The van der Waals surface area contributed by atoms with Crippen molar-refractivity contribution >= 4 is 12.0 Å². The highest BCUT2D eigenvalue weighted by Gasteiger charge is 2.31. The monoisotopic (exact) mass is 255 g/mol. The number of carboxylic acids is 1. The van der Waals surface area contributed by atoms with Gasteiger partial charge in [0.15, 0.2) is 0 Å². The van der Waals surface area contributed by atoms with Crippen LogP contribution in [0.1, 0.15) is 25.7 Å². The van der Waals surface area contributed by atoms with E-state index in [1.54, 1.807) is 0 Å². The predicted molar refractivity (Wildman–Crippen MR) is 66.4 cm³/mol. The molecule has 1 saturated carbocycles. The molecule has 2 saturated heterocycles. The summed E-state index contributed by atoms with van der Waals surface area (Å²) in [4.78, 5) is 23.1. The summed E-state index contributed by atoms with van der Waals surface area (Å²) >= 11 is 0. The fourth-order valence-electron chi connectivity index (χ4n) is 2.69. The van der Waals surface area contributed by atoms with E-state index in [1.807, 2.05) is 4.90 Å². The molecule has 18 heavy (non-hydrogen) atoms. The van der Waals surface area contributed by atoms with Gasteiger partial charge in [-0.2, -0.15) is 0 Å². The van der Waals surface area contributed by atoms with Crippen molar-refractivity contribution in [1.29, 1.82) is 0 Å². The van der Waals surface area contributed by atoms with E-state index in [0.717, 1.165) is 51.9 Å². The largest absolute Gasteiger partial charge is 0.481 e. The number of amides is 2. The molecule has 2 amide bonds. The van der Waals surface area contributed by atoms with E-state index < -0.39 is 5.97 Å². The Kier molecular flexibility index (Phi) is 4.41. The van der Waals surface area contributed by atoms with Crippen LogP contribution in [0.15, 0.2) is 0 Å². The molecule has 0 bridgehead atoms. The van der Waals surface area contributed by atoms with Crippen LogP contribution in [0, 0.1) is 5.92 Å². The zero-order chi connectivity index (χ0) is 13.0. The Hall–Kier alpha value is -1.30. The number of hydrogen-bond acceptors (Lipinski definition) is 3. The summed E-state index contributed by atoms with van der Waals surface area (Å²) in [7, 11) is 0. The first-order valence-electron chi connectivity index (χ1n) is 6.66. The van der Waals surface area contributed by atoms with Crippen molar-refractivity contribution in [1.82, 2.24) is 15.5 Å². The quantitative estimate of drug-likeness (QED) is 0.627. The number of rotatable bonds is 1. The molecule has 0 spiro atoms. The maximum Gasteiger partial charge on any atom is 0.317 e. The lowest BCUT2D eigenvalue weighted by Crippen LogP contribution is -2.49. The zero-order valence-electron chi connectivity index (χ0n) is 10.5. The van der Waals surface area contributed by atoms with Crippen LogP contribution < -0.4 is 10.6 Å². The topological polar surface area (TPSA) is 81.7 Å². The third-order valence-corrected chi connectivity index (χ3v) is 3.80. The Balaban J connectivity index is 0.000000138. The Bertz CT molecular complexity index is 316. The van der Waals surface area contributed by atoms with Crippen LogP contribution in [-0.2, 0) is 4.79 Å². The molecule has 2 aliphatic heterocycles. The fraction of sp³-hybridized carbons (Fsp3) is 0.833. The van der Waals surface area contributed by atoms with Crippen molar-refractivity contribution in [3.05, 3.63) is 0 Å². The molecule has 1 aliphatic carbocycles. The van der Waals surface area contributed by atoms with Crippen molar-refractivity contribution in [3.63, 3.8) is 0 Å². The molecule has 3 fully saturated rings. The van der Waals surface area contributed by atoms with Gasteiger partial charge in [0.25, 0.3) is 0 Å². The minimum absolute atomic E-state index is 0.0185. The maximum atomic E-state index is 11.0. The van der Waals surface area contributed by atoms with Crippen LogP contribution in [-0.4, -0.2) is 54.2 Å². The number of nitrogens with zero attached hydrogens (tertiary/aromatic N) is 1. The standard InChI is InChI=1S/C6H11N3O.C6H10O2/c10-6-8-4-5-3-7-1-2-9(5)6;7-6(8)5-3-1-2-4-5/h5,7H,1-4H2,(H,8,10);5H,1-4H2,(H,7,8). The second-order valence-electron chi connectivity index (χ2n) is 5.06. The number of carbonyl (C=O) groups excluding carboxylic acids is 1. The number of fused-ring (bicyclic) bond motifs is 1. The van der Waals surface area contributed by atoms with Crippen LogP contribution in [0.4, 0.5) is 4.79 Å². The molecule has 0 aromatic rings. The molecule has 0 radical (unpaired) electrons. The summed E-state index contributed by atoms with van der Waals surface area (Å²) in [6.07, 6.45) is 4.01. The highest BCUT2D eigenvalue weighted by atomic mass is 16.4. The lowest BCUT2D eigenvalue weighted by atomic mass is 10.1. The molecule has 0 aromatic heterocycles. The molecule has 6 heteroatoms. The number of nitrogens with one attached hydrogen (secondary N) is 2.